The molecule has 60 heavy (non-hydrogen) atoms. The minimum absolute atomic E-state index is 0.495. The SMILES string of the molecule is O/N=c1/cc(-c2cc3sccc3cn2)oc2ccc(CCCN3CCOCC3)cc12.O/N=c1\cc(-c2cc3sccc3cn2)oc2ccc(CCCN3CCOCC3)cc12. The van der Waals surface area contributed by atoms with Crippen molar-refractivity contribution in [2.45, 2.75) is 25.7 Å². The van der Waals surface area contributed by atoms with Gasteiger partial charge in [0.2, 0.25) is 0 Å². The molecule has 2 N–H and O–H groups in total. The number of morpholine rings is 2. The molecule has 8 aromatic rings. The molecule has 0 unspecified atom stereocenters. The summed E-state index contributed by atoms with van der Waals surface area (Å²) >= 11 is 3.33. The van der Waals surface area contributed by atoms with Crippen molar-refractivity contribution >= 4 is 64.8 Å². The standard InChI is InChI=1S/2C23H23N3O3S/c2*27-25-19-13-22(20-14-23-17(15-24-20)5-11-30-23)29-21-4-3-16(12-18(19)21)2-1-6-26-7-9-28-10-8-26/h2*3-5,11-15,27H,1-2,6-10H2/b25-19+;25-19-. The maximum absolute atomic E-state index is 9.63. The molecular weight excluding hydrogens is 797 g/mol. The van der Waals surface area contributed by atoms with Crippen LogP contribution in [0.5, 0.6) is 0 Å². The van der Waals surface area contributed by atoms with Crippen LogP contribution in [0.25, 0.3) is 65.0 Å². The summed E-state index contributed by atoms with van der Waals surface area (Å²) in [4.78, 5) is 13.9. The molecule has 2 aromatic carbocycles. The first-order chi connectivity index (χ1) is 29.6. The Morgan fingerprint density at radius 2 is 1.02 bits per heavy atom. The van der Waals surface area contributed by atoms with Gasteiger partial charge in [-0.2, -0.15) is 0 Å². The smallest absolute Gasteiger partial charge is 0.155 e. The number of pyridine rings is 2. The molecule has 12 nitrogen and oxygen atoms in total. The number of ether oxygens (including phenoxy) is 2. The Bertz CT molecular complexity index is 2680. The fourth-order valence-corrected chi connectivity index (χ4v) is 9.40. The van der Waals surface area contributed by atoms with Crippen molar-refractivity contribution in [1.82, 2.24) is 19.8 Å². The van der Waals surface area contributed by atoms with Gasteiger partial charge in [-0.05, 0) is 109 Å². The number of benzene rings is 2. The van der Waals surface area contributed by atoms with Gasteiger partial charge in [0.15, 0.2) is 11.5 Å². The van der Waals surface area contributed by atoms with Gasteiger partial charge in [-0.1, -0.05) is 22.4 Å². The average molecular weight is 843 g/mol. The lowest BCUT2D eigenvalue weighted by atomic mass is 10.1. The maximum Gasteiger partial charge on any atom is 0.155 e. The summed E-state index contributed by atoms with van der Waals surface area (Å²) in [7, 11) is 0. The number of nitrogens with zero attached hydrogens (tertiary/aromatic N) is 6. The summed E-state index contributed by atoms with van der Waals surface area (Å²) in [5.74, 6) is 1.18. The Balaban J connectivity index is 0.000000154. The van der Waals surface area contributed by atoms with Crippen LogP contribution in [0.1, 0.15) is 24.0 Å². The van der Waals surface area contributed by atoms with Crippen molar-refractivity contribution in [3.05, 3.63) is 118 Å². The fraction of sp³-hybridized carbons (Fsp3) is 0.304. The van der Waals surface area contributed by atoms with Gasteiger partial charge >= 0.3 is 0 Å². The van der Waals surface area contributed by atoms with Gasteiger partial charge in [-0.3, -0.25) is 19.8 Å². The van der Waals surface area contributed by atoms with E-state index in [1.165, 1.54) is 11.1 Å². The Morgan fingerprint density at radius 3 is 1.45 bits per heavy atom. The molecular formula is C46H46N6O6S2. The van der Waals surface area contributed by atoms with Crippen LogP contribution in [0.2, 0.25) is 0 Å². The van der Waals surface area contributed by atoms with Crippen LogP contribution < -0.4 is 10.7 Å². The molecule has 6 aromatic heterocycles. The van der Waals surface area contributed by atoms with Crippen LogP contribution in [0.3, 0.4) is 0 Å². The van der Waals surface area contributed by atoms with E-state index in [1.807, 2.05) is 59.6 Å². The van der Waals surface area contributed by atoms with Crippen molar-refractivity contribution in [3.8, 4) is 22.9 Å². The van der Waals surface area contributed by atoms with Crippen LogP contribution in [-0.4, -0.2) is 95.9 Å². The van der Waals surface area contributed by atoms with Crippen molar-refractivity contribution < 1.29 is 28.7 Å². The number of fused-ring (bicyclic) bond motifs is 4. The Kier molecular flexibility index (Phi) is 12.5. The van der Waals surface area contributed by atoms with E-state index in [-0.39, 0.29) is 0 Å². The third-order valence-corrected chi connectivity index (χ3v) is 12.9. The van der Waals surface area contributed by atoms with Gasteiger partial charge < -0.3 is 28.7 Å². The topological polar surface area (TPSA) is 142 Å². The van der Waals surface area contributed by atoms with E-state index < -0.39 is 0 Å². The highest BCUT2D eigenvalue weighted by molar-refractivity contribution is 7.17. The van der Waals surface area contributed by atoms with Crippen LogP contribution in [0.4, 0.5) is 0 Å². The number of hydrogen-bond acceptors (Lipinski definition) is 14. The molecule has 0 radical (unpaired) electrons. The van der Waals surface area contributed by atoms with Gasteiger partial charge in [0.05, 0.1) is 26.4 Å². The molecule has 2 fully saturated rings. The summed E-state index contributed by atoms with van der Waals surface area (Å²) < 4.78 is 25.3. The number of rotatable bonds is 10. The zero-order chi connectivity index (χ0) is 40.7. The van der Waals surface area contributed by atoms with Crippen LogP contribution in [0, 0.1) is 0 Å². The summed E-state index contributed by atoms with van der Waals surface area (Å²) in [5.41, 5.74) is 5.25. The highest BCUT2D eigenvalue weighted by Gasteiger charge is 2.14. The average Bonchev–Trinajstić information content (AvgIpc) is 3.99. The van der Waals surface area contributed by atoms with Crippen molar-refractivity contribution in [1.29, 1.82) is 0 Å². The largest absolute Gasteiger partial charge is 0.454 e. The summed E-state index contributed by atoms with van der Waals surface area (Å²) in [6.45, 7) is 9.50. The normalized spacial score (nSPS) is 15.9. The fourth-order valence-electron chi connectivity index (χ4n) is 7.80. The van der Waals surface area contributed by atoms with E-state index in [0.29, 0.717) is 33.4 Å². The van der Waals surface area contributed by atoms with E-state index >= 15 is 0 Å². The van der Waals surface area contributed by atoms with Crippen molar-refractivity contribution in [2.24, 2.45) is 10.3 Å². The second-order valence-corrected chi connectivity index (χ2v) is 16.9. The molecule has 0 atom stereocenters. The number of aromatic nitrogens is 2. The molecule has 2 saturated heterocycles. The van der Waals surface area contributed by atoms with Gasteiger partial charge in [0.25, 0.3) is 0 Å². The number of aryl methyl sites for hydroxylation is 2. The predicted molar refractivity (Wildman–Crippen MR) is 236 cm³/mol. The molecule has 0 aliphatic carbocycles. The Hall–Kier alpha value is -5.48. The monoisotopic (exact) mass is 842 g/mol. The van der Waals surface area contributed by atoms with E-state index in [9.17, 15) is 10.4 Å². The number of hydrogen-bond donors (Lipinski definition) is 2. The quantitative estimate of drug-likeness (QED) is 0.102. The zero-order valence-corrected chi connectivity index (χ0v) is 34.8. The lowest BCUT2D eigenvalue weighted by molar-refractivity contribution is 0.0374. The summed E-state index contributed by atoms with van der Waals surface area (Å²) in [6, 6.07) is 23.8. The van der Waals surface area contributed by atoms with Gasteiger partial charge in [-0.25, -0.2) is 0 Å². The molecule has 0 saturated carbocycles. The number of thiophene rings is 2. The van der Waals surface area contributed by atoms with Gasteiger partial charge in [0, 0.05) is 81.7 Å². The van der Waals surface area contributed by atoms with Gasteiger partial charge in [-0.15, -0.1) is 22.7 Å². The molecule has 0 spiro atoms. The molecule has 2 aliphatic heterocycles. The molecule has 14 heteroatoms. The second kappa shape index (κ2) is 18.8. The first kappa shape index (κ1) is 40.0. The molecule has 10 rings (SSSR count). The zero-order valence-electron chi connectivity index (χ0n) is 33.2. The minimum Gasteiger partial charge on any atom is -0.454 e. The molecule has 308 valence electrons. The lowest BCUT2D eigenvalue weighted by Crippen LogP contribution is -2.36. The highest BCUT2D eigenvalue weighted by Crippen LogP contribution is 2.29. The molecule has 2 aliphatic rings. The van der Waals surface area contributed by atoms with Crippen LogP contribution in [0.15, 0.2) is 115 Å². The first-order valence-electron chi connectivity index (χ1n) is 20.4. The minimum atomic E-state index is 0.495. The van der Waals surface area contributed by atoms with Gasteiger partial charge in [0.1, 0.15) is 33.3 Å². The molecule has 8 heterocycles. The van der Waals surface area contributed by atoms with E-state index in [0.717, 1.165) is 134 Å². The lowest BCUT2D eigenvalue weighted by Gasteiger charge is -2.26. The van der Waals surface area contributed by atoms with Crippen molar-refractivity contribution in [2.75, 3.05) is 65.7 Å². The third-order valence-electron chi connectivity index (χ3n) is 11.1. The summed E-state index contributed by atoms with van der Waals surface area (Å²) in [6.07, 6.45) is 7.78. The van der Waals surface area contributed by atoms with Crippen LogP contribution >= 0.6 is 22.7 Å². The predicted octanol–water partition coefficient (Wildman–Crippen LogP) is 8.53. The highest BCUT2D eigenvalue weighted by atomic mass is 32.1. The van der Waals surface area contributed by atoms with Crippen molar-refractivity contribution in [3.63, 3.8) is 0 Å². The molecule has 0 amide bonds. The first-order valence-corrected chi connectivity index (χ1v) is 22.1. The van der Waals surface area contributed by atoms with E-state index in [4.69, 9.17) is 18.3 Å². The third kappa shape index (κ3) is 9.29. The van der Waals surface area contributed by atoms with Crippen LogP contribution in [-0.2, 0) is 22.3 Å². The summed E-state index contributed by atoms with van der Waals surface area (Å²) in [5, 5.41) is 35.2. The Morgan fingerprint density at radius 1 is 0.567 bits per heavy atom. The Labute approximate surface area is 354 Å². The second-order valence-electron chi connectivity index (χ2n) is 15.0. The molecule has 0 bridgehead atoms. The maximum atomic E-state index is 9.63. The van der Waals surface area contributed by atoms with E-state index in [2.05, 4.69) is 54.3 Å². The van der Waals surface area contributed by atoms with E-state index in [1.54, 1.807) is 34.8 Å².